The van der Waals surface area contributed by atoms with Crippen molar-refractivity contribution < 1.29 is 4.74 Å². The molecule has 2 atom stereocenters. The van der Waals surface area contributed by atoms with Crippen molar-refractivity contribution in [3.8, 4) is 0 Å². The first-order valence-corrected chi connectivity index (χ1v) is 3.97. The van der Waals surface area contributed by atoms with Crippen LogP contribution in [-0.2, 0) is 4.74 Å². The highest BCUT2D eigenvalue weighted by Crippen LogP contribution is 2.30. The fraction of sp³-hybridized carbons (Fsp3) is 0.750. The standard InChI is InChI=1S/C8H13ClO/c1-8(10-2)6-4-3-5-7(8)9/h3-4,7H,5-6H2,1-2H3. The number of hydrogen-bond acceptors (Lipinski definition) is 1. The number of alkyl halides is 1. The summed E-state index contributed by atoms with van der Waals surface area (Å²) in [6.45, 7) is 2.05. The highest BCUT2D eigenvalue weighted by molar-refractivity contribution is 6.21. The van der Waals surface area contributed by atoms with Crippen molar-refractivity contribution in [2.45, 2.75) is 30.7 Å². The van der Waals surface area contributed by atoms with Crippen molar-refractivity contribution >= 4 is 11.6 Å². The third-order valence-corrected chi connectivity index (χ3v) is 2.80. The molecule has 1 aliphatic rings. The van der Waals surface area contributed by atoms with Crippen LogP contribution in [0.5, 0.6) is 0 Å². The Hall–Kier alpha value is -0.0100. The minimum atomic E-state index is -0.143. The van der Waals surface area contributed by atoms with Gasteiger partial charge in [0, 0.05) is 7.11 Å². The summed E-state index contributed by atoms with van der Waals surface area (Å²) < 4.78 is 5.31. The maximum atomic E-state index is 6.05. The highest BCUT2D eigenvalue weighted by Gasteiger charge is 2.32. The average Bonchev–Trinajstić information content (AvgIpc) is 1.96. The molecule has 2 heteroatoms. The highest BCUT2D eigenvalue weighted by atomic mass is 35.5. The van der Waals surface area contributed by atoms with E-state index in [1.807, 2.05) is 6.92 Å². The molecule has 0 spiro atoms. The number of allylic oxidation sites excluding steroid dienone is 1. The largest absolute Gasteiger partial charge is 0.377 e. The van der Waals surface area contributed by atoms with E-state index in [1.54, 1.807) is 7.11 Å². The van der Waals surface area contributed by atoms with Gasteiger partial charge in [0.15, 0.2) is 0 Å². The summed E-state index contributed by atoms with van der Waals surface area (Å²) in [6.07, 6.45) is 6.09. The van der Waals surface area contributed by atoms with Gasteiger partial charge in [-0.2, -0.15) is 0 Å². The molecule has 0 N–H and O–H groups in total. The topological polar surface area (TPSA) is 9.23 Å². The van der Waals surface area contributed by atoms with Crippen molar-refractivity contribution in [3.63, 3.8) is 0 Å². The van der Waals surface area contributed by atoms with Gasteiger partial charge < -0.3 is 4.74 Å². The molecular weight excluding hydrogens is 148 g/mol. The zero-order chi connectivity index (χ0) is 7.61. The van der Waals surface area contributed by atoms with E-state index in [1.165, 1.54) is 0 Å². The molecule has 0 radical (unpaired) electrons. The molecule has 1 aliphatic carbocycles. The molecular formula is C8H13ClO. The smallest absolute Gasteiger partial charge is 0.0850 e. The van der Waals surface area contributed by atoms with Gasteiger partial charge in [0.2, 0.25) is 0 Å². The van der Waals surface area contributed by atoms with Gasteiger partial charge in [-0.1, -0.05) is 12.2 Å². The minimum Gasteiger partial charge on any atom is -0.377 e. The lowest BCUT2D eigenvalue weighted by atomic mass is 9.91. The van der Waals surface area contributed by atoms with E-state index < -0.39 is 0 Å². The molecule has 0 saturated heterocycles. The van der Waals surface area contributed by atoms with Crippen molar-refractivity contribution in [2.24, 2.45) is 0 Å². The van der Waals surface area contributed by atoms with Crippen LogP contribution in [0.1, 0.15) is 19.8 Å². The Kier molecular flexibility index (Phi) is 2.37. The first-order chi connectivity index (χ1) is 4.69. The van der Waals surface area contributed by atoms with Crippen LogP contribution in [0.15, 0.2) is 12.2 Å². The quantitative estimate of drug-likeness (QED) is 0.423. The van der Waals surface area contributed by atoms with Crippen molar-refractivity contribution in [1.82, 2.24) is 0 Å². The number of methoxy groups -OCH3 is 1. The Morgan fingerprint density at radius 1 is 1.60 bits per heavy atom. The fourth-order valence-corrected chi connectivity index (χ4v) is 1.40. The molecule has 58 valence electrons. The summed E-state index contributed by atoms with van der Waals surface area (Å²) in [5, 5.41) is 0.127. The zero-order valence-corrected chi connectivity index (χ0v) is 7.19. The lowest BCUT2D eigenvalue weighted by molar-refractivity contribution is 0.00263. The van der Waals surface area contributed by atoms with E-state index in [0.717, 1.165) is 12.8 Å². The van der Waals surface area contributed by atoms with E-state index >= 15 is 0 Å². The number of rotatable bonds is 1. The molecule has 1 nitrogen and oxygen atoms in total. The zero-order valence-electron chi connectivity index (χ0n) is 6.43. The molecule has 0 amide bonds. The van der Waals surface area contributed by atoms with Gasteiger partial charge in [-0.05, 0) is 19.8 Å². The Morgan fingerprint density at radius 3 is 2.70 bits per heavy atom. The molecule has 0 aromatic heterocycles. The van der Waals surface area contributed by atoms with Crippen molar-refractivity contribution in [1.29, 1.82) is 0 Å². The molecule has 0 saturated carbocycles. The van der Waals surface area contributed by atoms with Crippen LogP contribution in [0.3, 0.4) is 0 Å². The maximum Gasteiger partial charge on any atom is 0.0850 e. The van der Waals surface area contributed by atoms with Crippen molar-refractivity contribution in [2.75, 3.05) is 7.11 Å². The van der Waals surface area contributed by atoms with Crippen LogP contribution in [0.2, 0.25) is 0 Å². The van der Waals surface area contributed by atoms with Crippen LogP contribution in [0, 0.1) is 0 Å². The SMILES string of the molecule is COC1(C)CC=CCC1Cl. The normalized spacial score (nSPS) is 40.1. The summed E-state index contributed by atoms with van der Waals surface area (Å²) in [4.78, 5) is 0. The second kappa shape index (κ2) is 2.93. The molecule has 2 unspecified atom stereocenters. The van der Waals surface area contributed by atoms with Crippen LogP contribution in [-0.4, -0.2) is 18.1 Å². The van der Waals surface area contributed by atoms with Crippen molar-refractivity contribution in [3.05, 3.63) is 12.2 Å². The summed E-state index contributed by atoms with van der Waals surface area (Å²) in [6, 6.07) is 0. The molecule has 0 bridgehead atoms. The van der Waals surface area contributed by atoms with Crippen LogP contribution < -0.4 is 0 Å². The van der Waals surface area contributed by atoms with E-state index in [2.05, 4.69) is 12.2 Å². The molecule has 0 aromatic rings. The van der Waals surface area contributed by atoms with E-state index in [-0.39, 0.29) is 11.0 Å². The molecule has 1 rings (SSSR count). The molecule has 10 heavy (non-hydrogen) atoms. The Balaban J connectivity index is 2.66. The molecule has 0 fully saturated rings. The average molecular weight is 161 g/mol. The third-order valence-electron chi connectivity index (χ3n) is 2.16. The van der Waals surface area contributed by atoms with Gasteiger partial charge >= 0.3 is 0 Å². The molecule has 0 heterocycles. The Labute approximate surface area is 67.0 Å². The monoisotopic (exact) mass is 160 g/mol. The third kappa shape index (κ3) is 1.35. The molecule has 0 aliphatic heterocycles. The number of hydrogen-bond donors (Lipinski definition) is 0. The van der Waals surface area contributed by atoms with Crippen LogP contribution in [0.4, 0.5) is 0 Å². The lowest BCUT2D eigenvalue weighted by Crippen LogP contribution is -2.38. The van der Waals surface area contributed by atoms with Crippen LogP contribution >= 0.6 is 11.6 Å². The summed E-state index contributed by atoms with van der Waals surface area (Å²) in [5.74, 6) is 0. The Bertz CT molecular complexity index is 144. The second-order valence-electron chi connectivity index (χ2n) is 2.90. The van der Waals surface area contributed by atoms with E-state index in [0.29, 0.717) is 0 Å². The predicted octanol–water partition coefficient (Wildman–Crippen LogP) is 2.35. The predicted molar refractivity (Wildman–Crippen MR) is 43.4 cm³/mol. The van der Waals surface area contributed by atoms with Gasteiger partial charge in [-0.3, -0.25) is 0 Å². The van der Waals surface area contributed by atoms with E-state index in [4.69, 9.17) is 16.3 Å². The van der Waals surface area contributed by atoms with Gasteiger partial charge in [0.05, 0.1) is 11.0 Å². The van der Waals surface area contributed by atoms with Gasteiger partial charge in [-0.25, -0.2) is 0 Å². The number of ether oxygens (including phenoxy) is 1. The maximum absolute atomic E-state index is 6.05. The van der Waals surface area contributed by atoms with Gasteiger partial charge in [0.1, 0.15) is 0 Å². The summed E-state index contributed by atoms with van der Waals surface area (Å²) in [7, 11) is 1.72. The lowest BCUT2D eigenvalue weighted by Gasteiger charge is -2.33. The van der Waals surface area contributed by atoms with Crippen LogP contribution in [0.25, 0.3) is 0 Å². The second-order valence-corrected chi connectivity index (χ2v) is 3.42. The van der Waals surface area contributed by atoms with Gasteiger partial charge in [0.25, 0.3) is 0 Å². The first-order valence-electron chi connectivity index (χ1n) is 3.53. The Morgan fingerprint density at radius 2 is 2.30 bits per heavy atom. The minimum absolute atomic E-state index is 0.127. The first kappa shape index (κ1) is 8.09. The van der Waals surface area contributed by atoms with E-state index in [9.17, 15) is 0 Å². The fourth-order valence-electron chi connectivity index (χ4n) is 1.12. The molecule has 0 aromatic carbocycles. The van der Waals surface area contributed by atoms with Gasteiger partial charge in [-0.15, -0.1) is 11.6 Å². The summed E-state index contributed by atoms with van der Waals surface area (Å²) >= 11 is 6.05. The number of halogens is 1. The summed E-state index contributed by atoms with van der Waals surface area (Å²) in [5.41, 5.74) is -0.143.